The summed E-state index contributed by atoms with van der Waals surface area (Å²) in [4.78, 5) is 42.1. The van der Waals surface area contributed by atoms with Crippen LogP contribution in [0.2, 0.25) is 0 Å². The van der Waals surface area contributed by atoms with Gasteiger partial charge in [0.2, 0.25) is 5.88 Å². The molecule has 2 aliphatic rings. The van der Waals surface area contributed by atoms with Gasteiger partial charge < -0.3 is 15.8 Å². The van der Waals surface area contributed by atoms with Crippen molar-refractivity contribution in [2.45, 2.75) is 71.1 Å². The van der Waals surface area contributed by atoms with Gasteiger partial charge in [-0.25, -0.2) is 9.78 Å². The van der Waals surface area contributed by atoms with Crippen molar-refractivity contribution in [3.05, 3.63) is 23.9 Å². The van der Waals surface area contributed by atoms with Gasteiger partial charge in [-0.15, -0.1) is 0 Å². The molecular weight excluding hydrogens is 360 g/mol. The lowest BCUT2D eigenvalue weighted by atomic mass is 9.87. The number of pyridine rings is 1. The molecule has 2 heterocycles. The zero-order valence-electron chi connectivity index (χ0n) is 16.6. The number of hydrogen-bond acceptors (Lipinski definition) is 5. The molecule has 152 valence electrons. The Labute approximate surface area is 164 Å². The van der Waals surface area contributed by atoms with E-state index in [2.05, 4.69) is 31.1 Å². The van der Waals surface area contributed by atoms with E-state index in [1.165, 1.54) is 4.90 Å². The molecule has 3 N–H and O–H groups in total. The number of primary amides is 1. The van der Waals surface area contributed by atoms with Gasteiger partial charge in [0, 0.05) is 12.2 Å². The molecule has 8 nitrogen and oxygen atoms in total. The average Bonchev–Trinajstić information content (AvgIpc) is 2.88. The van der Waals surface area contributed by atoms with Crippen LogP contribution in [0.3, 0.4) is 0 Å². The second-order valence-electron chi connectivity index (χ2n) is 8.74. The van der Waals surface area contributed by atoms with E-state index in [4.69, 9.17) is 10.5 Å². The molecule has 8 heteroatoms. The molecule has 1 aliphatic heterocycles. The minimum atomic E-state index is -0.582. The summed E-state index contributed by atoms with van der Waals surface area (Å²) >= 11 is 0. The number of nitrogens with zero attached hydrogens (tertiary/aromatic N) is 2. The van der Waals surface area contributed by atoms with Crippen molar-refractivity contribution in [3.8, 4) is 5.88 Å². The Morgan fingerprint density at radius 1 is 1.29 bits per heavy atom. The van der Waals surface area contributed by atoms with Crippen LogP contribution in [0.4, 0.5) is 4.79 Å². The molecule has 1 aliphatic carbocycles. The van der Waals surface area contributed by atoms with Crippen LogP contribution >= 0.6 is 0 Å². The Bertz CT molecular complexity index is 766. The lowest BCUT2D eigenvalue weighted by molar-refractivity contribution is -0.130. The first-order valence-electron chi connectivity index (χ1n) is 9.71. The number of amides is 4. The van der Waals surface area contributed by atoms with E-state index in [1.807, 2.05) is 0 Å². The fourth-order valence-electron chi connectivity index (χ4n) is 3.90. The fraction of sp³-hybridized carbons (Fsp3) is 0.600. The summed E-state index contributed by atoms with van der Waals surface area (Å²) in [6.07, 6.45) is 4.68. The van der Waals surface area contributed by atoms with Crippen LogP contribution in [0.5, 0.6) is 5.88 Å². The Kier molecular flexibility index (Phi) is 5.58. The van der Waals surface area contributed by atoms with Crippen molar-refractivity contribution < 1.29 is 19.1 Å². The maximum absolute atomic E-state index is 12.7. The minimum absolute atomic E-state index is 0.0457. The van der Waals surface area contributed by atoms with Crippen molar-refractivity contribution >= 4 is 17.8 Å². The first-order chi connectivity index (χ1) is 13.2. The lowest BCUT2D eigenvalue weighted by Gasteiger charge is -2.33. The number of ether oxygens (including phenoxy) is 1. The van der Waals surface area contributed by atoms with Crippen molar-refractivity contribution in [1.82, 2.24) is 15.2 Å². The summed E-state index contributed by atoms with van der Waals surface area (Å²) in [6, 6.07) is 2.34. The molecule has 0 spiro atoms. The zero-order valence-corrected chi connectivity index (χ0v) is 16.6. The number of imide groups is 1. The van der Waals surface area contributed by atoms with Crippen molar-refractivity contribution in [2.24, 2.45) is 11.1 Å². The first kappa shape index (κ1) is 20.1. The average molecular weight is 388 g/mol. The molecule has 0 bridgehead atoms. The second-order valence-corrected chi connectivity index (χ2v) is 8.74. The van der Waals surface area contributed by atoms with Crippen molar-refractivity contribution in [2.75, 3.05) is 0 Å². The standard InChI is InChI=1S/C20H28N4O4/c1-20(2,3)11-15-18(26)24(19(27)23-15)12-6-8-13(9-7-12)28-17-14(16(21)25)5-4-10-22-17/h4-5,10,12-13,15H,6-9,11H2,1-3H3,(H2,21,25)(H,23,27)/t12-,13-,15-/m0/s1. The zero-order chi connectivity index (χ0) is 20.5. The van der Waals surface area contributed by atoms with E-state index in [0.717, 1.165) is 0 Å². The predicted octanol–water partition coefficient (Wildman–Crippen LogP) is 2.23. The van der Waals surface area contributed by atoms with Gasteiger partial charge in [0.05, 0.1) is 0 Å². The number of nitrogens with one attached hydrogen (secondary N) is 1. The van der Waals surface area contributed by atoms with Crippen molar-refractivity contribution in [1.29, 1.82) is 0 Å². The summed E-state index contributed by atoms with van der Waals surface area (Å²) in [5.41, 5.74) is 5.57. The van der Waals surface area contributed by atoms with E-state index >= 15 is 0 Å². The van der Waals surface area contributed by atoms with Gasteiger partial charge in [-0.05, 0) is 49.7 Å². The molecule has 1 atom stereocenters. The van der Waals surface area contributed by atoms with Gasteiger partial charge >= 0.3 is 6.03 Å². The Hall–Kier alpha value is -2.64. The first-order valence-corrected chi connectivity index (χ1v) is 9.71. The summed E-state index contributed by atoms with van der Waals surface area (Å²) in [7, 11) is 0. The molecule has 0 unspecified atom stereocenters. The van der Waals surface area contributed by atoms with E-state index in [1.54, 1.807) is 18.3 Å². The molecular formula is C20H28N4O4. The van der Waals surface area contributed by atoms with Crippen LogP contribution in [-0.2, 0) is 4.79 Å². The topological polar surface area (TPSA) is 115 Å². The SMILES string of the molecule is CC(C)(C)C[C@@H]1NC(=O)N([C@H]2CC[C@H](Oc3ncccc3C(N)=O)CC2)C1=O. The lowest BCUT2D eigenvalue weighted by Crippen LogP contribution is -2.44. The highest BCUT2D eigenvalue weighted by atomic mass is 16.5. The van der Waals surface area contributed by atoms with E-state index in [0.29, 0.717) is 32.1 Å². The quantitative estimate of drug-likeness (QED) is 0.751. The van der Waals surface area contributed by atoms with Crippen LogP contribution in [0.15, 0.2) is 18.3 Å². The molecule has 1 aromatic heterocycles. The third kappa shape index (κ3) is 4.43. The molecule has 1 saturated heterocycles. The maximum atomic E-state index is 12.7. The highest BCUT2D eigenvalue weighted by molar-refractivity contribution is 6.04. The second kappa shape index (κ2) is 7.77. The molecule has 4 amide bonds. The number of hydrogen-bond donors (Lipinski definition) is 2. The van der Waals surface area contributed by atoms with Gasteiger partial charge in [0.25, 0.3) is 11.8 Å². The molecule has 28 heavy (non-hydrogen) atoms. The highest BCUT2D eigenvalue weighted by Crippen LogP contribution is 2.31. The number of urea groups is 1. The Balaban J connectivity index is 1.59. The molecule has 3 rings (SSSR count). The predicted molar refractivity (Wildman–Crippen MR) is 103 cm³/mol. The van der Waals surface area contributed by atoms with Crippen LogP contribution in [-0.4, -0.2) is 45.9 Å². The van der Waals surface area contributed by atoms with E-state index < -0.39 is 11.9 Å². The number of carbonyl (C=O) groups is 3. The van der Waals surface area contributed by atoms with Gasteiger partial charge in [0.1, 0.15) is 17.7 Å². The van der Waals surface area contributed by atoms with Crippen LogP contribution in [0.1, 0.15) is 63.2 Å². The molecule has 0 radical (unpaired) electrons. The van der Waals surface area contributed by atoms with E-state index in [9.17, 15) is 14.4 Å². The summed E-state index contributed by atoms with van der Waals surface area (Å²) in [5.74, 6) is -0.482. The fourth-order valence-corrected chi connectivity index (χ4v) is 3.90. The summed E-state index contributed by atoms with van der Waals surface area (Å²) in [5, 5.41) is 2.82. The minimum Gasteiger partial charge on any atom is -0.474 e. The molecule has 1 aromatic rings. The number of carbonyl (C=O) groups excluding carboxylic acids is 3. The van der Waals surface area contributed by atoms with Crippen LogP contribution < -0.4 is 15.8 Å². The van der Waals surface area contributed by atoms with Gasteiger partial charge in [-0.3, -0.25) is 14.5 Å². The van der Waals surface area contributed by atoms with Gasteiger partial charge in [0.15, 0.2) is 0 Å². The van der Waals surface area contributed by atoms with Crippen LogP contribution in [0.25, 0.3) is 0 Å². The normalized spacial score (nSPS) is 25.5. The monoisotopic (exact) mass is 388 g/mol. The highest BCUT2D eigenvalue weighted by Gasteiger charge is 2.44. The molecule has 1 saturated carbocycles. The Morgan fingerprint density at radius 3 is 2.57 bits per heavy atom. The largest absolute Gasteiger partial charge is 0.474 e. The number of aromatic nitrogens is 1. The third-order valence-corrected chi connectivity index (χ3v) is 5.19. The number of rotatable bonds is 5. The van der Waals surface area contributed by atoms with Crippen molar-refractivity contribution in [3.63, 3.8) is 0 Å². The van der Waals surface area contributed by atoms with E-state index in [-0.39, 0.29) is 40.9 Å². The van der Waals surface area contributed by atoms with Gasteiger partial charge in [-0.2, -0.15) is 0 Å². The summed E-state index contributed by atoms with van der Waals surface area (Å²) < 4.78 is 5.88. The Morgan fingerprint density at radius 2 is 1.96 bits per heavy atom. The van der Waals surface area contributed by atoms with Gasteiger partial charge in [-0.1, -0.05) is 20.8 Å². The van der Waals surface area contributed by atoms with Crippen LogP contribution in [0, 0.1) is 5.41 Å². The smallest absolute Gasteiger partial charge is 0.325 e. The number of nitrogens with two attached hydrogens (primary N) is 1. The molecule has 2 fully saturated rings. The summed E-state index contributed by atoms with van der Waals surface area (Å²) in [6.45, 7) is 6.15. The molecule has 0 aromatic carbocycles. The third-order valence-electron chi connectivity index (χ3n) is 5.19. The maximum Gasteiger partial charge on any atom is 0.325 e.